The lowest BCUT2D eigenvalue weighted by atomic mass is 10.1. The van der Waals surface area contributed by atoms with E-state index >= 15 is 0 Å². The lowest BCUT2D eigenvalue weighted by Gasteiger charge is -2.00. The van der Waals surface area contributed by atoms with Crippen molar-refractivity contribution in [3.05, 3.63) is 35.4 Å². The van der Waals surface area contributed by atoms with Crippen LogP contribution in [0.2, 0.25) is 0 Å². The van der Waals surface area contributed by atoms with E-state index in [4.69, 9.17) is 0 Å². The van der Waals surface area contributed by atoms with Crippen LogP contribution in [0.25, 0.3) is 0 Å². The number of rotatable bonds is 2. The van der Waals surface area contributed by atoms with Crippen molar-refractivity contribution in [3.63, 3.8) is 0 Å². The van der Waals surface area contributed by atoms with Gasteiger partial charge in [0, 0.05) is 5.56 Å². The molecule has 3 nitrogen and oxygen atoms in total. The molecule has 1 atom stereocenters. The Hall–Kier alpha value is -1.29. The van der Waals surface area contributed by atoms with Crippen molar-refractivity contribution in [1.82, 2.24) is 0 Å². The molecule has 0 spiro atoms. The fourth-order valence-electron chi connectivity index (χ4n) is 1.40. The molecule has 0 saturated heterocycles. The highest BCUT2D eigenvalue weighted by Gasteiger charge is 2.28. The molecule has 0 aromatic heterocycles. The number of carbonyl (C=O) groups excluding carboxylic acids is 1. The molecule has 4 heteroatoms. The smallest absolute Gasteiger partial charge is 0.220 e. The summed E-state index contributed by atoms with van der Waals surface area (Å²) in [5, 5.41) is 3.79. The number of benzene rings is 1. The lowest BCUT2D eigenvalue weighted by molar-refractivity contribution is 0.109. The summed E-state index contributed by atoms with van der Waals surface area (Å²) in [7, 11) is 1.49. The molecule has 14 heavy (non-hydrogen) atoms. The monoisotopic (exact) mass is 207 g/mol. The third-order valence-corrected chi connectivity index (χ3v) is 3.09. The van der Waals surface area contributed by atoms with Crippen molar-refractivity contribution >= 4 is 23.1 Å². The van der Waals surface area contributed by atoms with Crippen molar-refractivity contribution in [2.24, 2.45) is 5.16 Å². The van der Waals surface area contributed by atoms with E-state index < -0.39 is 0 Å². The van der Waals surface area contributed by atoms with Crippen LogP contribution in [-0.2, 0) is 4.84 Å². The first kappa shape index (κ1) is 9.27. The molecular formula is C10H9NO2S. The van der Waals surface area contributed by atoms with Gasteiger partial charge in [-0.1, -0.05) is 41.2 Å². The third kappa shape index (κ3) is 1.53. The standard InChI is InChI=1S/C10H9NO2S/c1-13-11-6-9-7-4-2-3-5-8(7)10(12)14-9/h2-6,9H,1H3. The largest absolute Gasteiger partial charge is 0.399 e. The number of fused-ring (bicyclic) bond motifs is 1. The lowest BCUT2D eigenvalue weighted by Crippen LogP contribution is -1.91. The fraction of sp³-hybridized carbons (Fsp3) is 0.200. The van der Waals surface area contributed by atoms with E-state index in [-0.39, 0.29) is 10.4 Å². The van der Waals surface area contributed by atoms with Gasteiger partial charge in [0.1, 0.15) is 7.11 Å². The molecule has 0 amide bonds. The molecule has 1 heterocycles. The summed E-state index contributed by atoms with van der Waals surface area (Å²) in [5.41, 5.74) is 1.80. The van der Waals surface area contributed by atoms with Crippen LogP contribution in [0.3, 0.4) is 0 Å². The predicted octanol–water partition coefficient (Wildman–Crippen LogP) is 2.25. The highest BCUT2D eigenvalue weighted by Crippen LogP contribution is 2.39. The first-order valence-electron chi connectivity index (χ1n) is 4.19. The summed E-state index contributed by atoms with van der Waals surface area (Å²) in [5.74, 6) is 0. The fourth-order valence-corrected chi connectivity index (χ4v) is 2.39. The van der Waals surface area contributed by atoms with Gasteiger partial charge >= 0.3 is 0 Å². The third-order valence-electron chi connectivity index (χ3n) is 2.02. The molecule has 0 aliphatic carbocycles. The van der Waals surface area contributed by atoms with Crippen molar-refractivity contribution < 1.29 is 9.63 Å². The van der Waals surface area contributed by atoms with E-state index in [0.717, 1.165) is 11.1 Å². The molecule has 1 unspecified atom stereocenters. The van der Waals surface area contributed by atoms with Gasteiger partial charge in [0.15, 0.2) is 0 Å². The molecule has 0 radical (unpaired) electrons. The summed E-state index contributed by atoms with van der Waals surface area (Å²) in [6.07, 6.45) is 1.65. The number of carbonyl (C=O) groups is 1. The molecule has 0 fully saturated rings. The van der Waals surface area contributed by atoms with Crippen LogP contribution < -0.4 is 0 Å². The molecule has 2 rings (SSSR count). The van der Waals surface area contributed by atoms with Crippen molar-refractivity contribution in [2.45, 2.75) is 5.25 Å². The summed E-state index contributed by atoms with van der Waals surface area (Å²) in [4.78, 5) is 16.1. The maximum Gasteiger partial charge on any atom is 0.220 e. The van der Waals surface area contributed by atoms with Gasteiger partial charge in [-0.2, -0.15) is 0 Å². The Morgan fingerprint density at radius 2 is 2.29 bits per heavy atom. The molecule has 0 saturated carbocycles. The van der Waals surface area contributed by atoms with Gasteiger partial charge in [0.25, 0.3) is 0 Å². The van der Waals surface area contributed by atoms with Gasteiger partial charge in [0.05, 0.1) is 11.5 Å². The summed E-state index contributed by atoms with van der Waals surface area (Å²) in [6, 6.07) is 7.57. The van der Waals surface area contributed by atoms with E-state index in [1.807, 2.05) is 24.3 Å². The van der Waals surface area contributed by atoms with Gasteiger partial charge in [-0.3, -0.25) is 4.79 Å². The zero-order chi connectivity index (χ0) is 9.97. The van der Waals surface area contributed by atoms with Crippen LogP contribution in [-0.4, -0.2) is 18.4 Å². The van der Waals surface area contributed by atoms with Gasteiger partial charge in [-0.05, 0) is 5.56 Å². The summed E-state index contributed by atoms with van der Waals surface area (Å²) in [6.45, 7) is 0. The molecule has 1 aromatic carbocycles. The van der Waals surface area contributed by atoms with Crippen molar-refractivity contribution in [1.29, 1.82) is 0 Å². The van der Waals surface area contributed by atoms with Crippen LogP contribution in [0, 0.1) is 0 Å². The molecule has 1 aromatic rings. The molecule has 0 bridgehead atoms. The second kappa shape index (κ2) is 3.84. The summed E-state index contributed by atoms with van der Waals surface area (Å²) < 4.78 is 0. The number of hydrogen-bond donors (Lipinski definition) is 0. The quantitative estimate of drug-likeness (QED) is 0.551. The Bertz CT molecular complexity index is 389. The second-order valence-electron chi connectivity index (χ2n) is 2.85. The molecule has 1 aliphatic heterocycles. The first-order chi connectivity index (χ1) is 6.83. The molecular weight excluding hydrogens is 198 g/mol. The van der Waals surface area contributed by atoms with Crippen LogP contribution in [0.4, 0.5) is 0 Å². The van der Waals surface area contributed by atoms with Crippen molar-refractivity contribution in [3.8, 4) is 0 Å². The number of thioether (sulfide) groups is 1. The normalized spacial score (nSPS) is 20.1. The first-order valence-corrected chi connectivity index (χ1v) is 5.07. The SMILES string of the molecule is CON=CC1SC(=O)c2ccccc21. The van der Waals surface area contributed by atoms with Crippen LogP contribution >= 0.6 is 11.8 Å². The van der Waals surface area contributed by atoms with E-state index in [0.29, 0.717) is 0 Å². The van der Waals surface area contributed by atoms with E-state index in [2.05, 4.69) is 9.99 Å². The topological polar surface area (TPSA) is 38.7 Å². The number of oxime groups is 1. The zero-order valence-corrected chi connectivity index (χ0v) is 8.45. The van der Waals surface area contributed by atoms with Crippen molar-refractivity contribution in [2.75, 3.05) is 7.11 Å². The van der Waals surface area contributed by atoms with Gasteiger partial charge < -0.3 is 4.84 Å². The van der Waals surface area contributed by atoms with E-state index in [1.54, 1.807) is 6.21 Å². The zero-order valence-electron chi connectivity index (χ0n) is 7.64. The average Bonchev–Trinajstić information content (AvgIpc) is 2.54. The minimum Gasteiger partial charge on any atom is -0.399 e. The minimum atomic E-state index is -0.00125. The predicted molar refractivity (Wildman–Crippen MR) is 56.6 cm³/mol. The van der Waals surface area contributed by atoms with Gasteiger partial charge in [0.2, 0.25) is 5.12 Å². The Labute approximate surface area is 86.1 Å². The molecule has 72 valence electrons. The summed E-state index contributed by atoms with van der Waals surface area (Å²) >= 11 is 1.27. The van der Waals surface area contributed by atoms with Gasteiger partial charge in [-0.25, -0.2) is 0 Å². The maximum atomic E-state index is 11.5. The number of hydrogen-bond acceptors (Lipinski definition) is 4. The average molecular weight is 207 g/mol. The Balaban J connectivity index is 2.34. The Morgan fingerprint density at radius 1 is 1.50 bits per heavy atom. The van der Waals surface area contributed by atoms with Crippen LogP contribution in [0.15, 0.2) is 29.4 Å². The second-order valence-corrected chi connectivity index (χ2v) is 3.96. The van der Waals surface area contributed by atoms with E-state index in [1.165, 1.54) is 18.9 Å². The molecule has 0 N–H and O–H groups in total. The molecule has 1 aliphatic rings. The number of nitrogens with zero attached hydrogens (tertiary/aromatic N) is 1. The van der Waals surface area contributed by atoms with Crippen LogP contribution in [0.5, 0.6) is 0 Å². The highest BCUT2D eigenvalue weighted by atomic mass is 32.2. The Kier molecular flexibility index (Phi) is 2.54. The minimum absolute atomic E-state index is 0.00125. The highest BCUT2D eigenvalue weighted by molar-refractivity contribution is 8.15. The Morgan fingerprint density at radius 3 is 3.07 bits per heavy atom. The van der Waals surface area contributed by atoms with Gasteiger partial charge in [-0.15, -0.1) is 0 Å². The maximum absolute atomic E-state index is 11.5. The van der Waals surface area contributed by atoms with Crippen LogP contribution in [0.1, 0.15) is 21.2 Å². The van der Waals surface area contributed by atoms with E-state index in [9.17, 15) is 4.79 Å².